The van der Waals surface area contributed by atoms with Crippen LogP contribution in [-0.4, -0.2) is 55.4 Å². The van der Waals surface area contributed by atoms with Gasteiger partial charge in [0.25, 0.3) is 12.3 Å². The van der Waals surface area contributed by atoms with Gasteiger partial charge in [-0.25, -0.2) is 18.7 Å². The first-order chi connectivity index (χ1) is 16.2. The molecule has 178 valence electrons. The highest BCUT2D eigenvalue weighted by Crippen LogP contribution is 2.37. The first-order valence-electron chi connectivity index (χ1n) is 10.6. The molecule has 0 unspecified atom stereocenters. The van der Waals surface area contributed by atoms with E-state index in [0.29, 0.717) is 40.1 Å². The molecule has 0 saturated carbocycles. The molecular weight excluding hydrogens is 446 g/mol. The molecule has 0 aromatic carbocycles. The van der Waals surface area contributed by atoms with Crippen LogP contribution in [0.15, 0.2) is 30.7 Å². The third-order valence-corrected chi connectivity index (χ3v) is 5.46. The topological polar surface area (TPSA) is 107 Å². The van der Waals surface area contributed by atoms with Crippen molar-refractivity contribution in [1.82, 2.24) is 29.6 Å². The van der Waals surface area contributed by atoms with Gasteiger partial charge in [0.2, 0.25) is 11.8 Å². The van der Waals surface area contributed by atoms with Gasteiger partial charge in [-0.1, -0.05) is 0 Å². The molecule has 34 heavy (non-hydrogen) atoms. The van der Waals surface area contributed by atoms with E-state index in [-0.39, 0.29) is 23.2 Å². The van der Waals surface area contributed by atoms with Crippen molar-refractivity contribution < 1.29 is 23.4 Å². The molecule has 1 amide bonds. The summed E-state index contributed by atoms with van der Waals surface area (Å²) in [4.78, 5) is 21.5. The van der Waals surface area contributed by atoms with Crippen molar-refractivity contribution in [1.29, 1.82) is 0 Å². The SMILES string of the molecule is CCNC(=O)c1cc(-c2cc(C)c3c(O)n(-c4cnn(CC(F)F)c4)c(C)c3n2)cnc1OC. The maximum absolute atomic E-state index is 12.7. The summed E-state index contributed by atoms with van der Waals surface area (Å²) >= 11 is 0. The van der Waals surface area contributed by atoms with Crippen LogP contribution >= 0.6 is 0 Å². The number of pyridine rings is 2. The summed E-state index contributed by atoms with van der Waals surface area (Å²) in [5.41, 5.74) is 3.77. The number of fused-ring (bicyclic) bond motifs is 1. The standard InChI is InChI=1S/C23H24F2N6O3/c1-5-26-21(32)16-7-14(8-27-22(16)34-4)17-6-12(2)19-20(29-17)13(3)31(23(19)33)15-9-28-30(10-15)11-18(24)25/h6-10,18,33H,5,11H2,1-4H3,(H,26,32). The first-order valence-corrected chi connectivity index (χ1v) is 10.6. The molecule has 0 radical (unpaired) electrons. The van der Waals surface area contributed by atoms with Crippen LogP contribution in [0.25, 0.3) is 27.8 Å². The number of hydrogen-bond donors (Lipinski definition) is 2. The van der Waals surface area contributed by atoms with Crippen molar-refractivity contribution in [2.45, 2.75) is 33.7 Å². The van der Waals surface area contributed by atoms with Crippen molar-refractivity contribution in [3.63, 3.8) is 0 Å². The second-order valence-corrected chi connectivity index (χ2v) is 7.74. The molecule has 0 atom stereocenters. The number of ether oxygens (including phenoxy) is 1. The van der Waals surface area contributed by atoms with Crippen LogP contribution < -0.4 is 10.1 Å². The van der Waals surface area contributed by atoms with Crippen molar-refractivity contribution in [3.8, 4) is 28.7 Å². The number of aromatic hydroxyl groups is 1. The summed E-state index contributed by atoms with van der Waals surface area (Å²) in [6.45, 7) is 5.33. The molecule has 0 saturated heterocycles. The lowest BCUT2D eigenvalue weighted by atomic mass is 10.1. The molecule has 0 aliphatic rings. The van der Waals surface area contributed by atoms with Crippen LogP contribution in [0, 0.1) is 13.8 Å². The fourth-order valence-corrected chi connectivity index (χ4v) is 3.94. The van der Waals surface area contributed by atoms with Gasteiger partial charge in [-0.3, -0.25) is 14.0 Å². The van der Waals surface area contributed by atoms with Crippen molar-refractivity contribution in [3.05, 3.63) is 47.5 Å². The average molecular weight is 470 g/mol. The smallest absolute Gasteiger partial charge is 0.257 e. The Kier molecular flexibility index (Phi) is 6.18. The number of halogens is 2. The Bertz CT molecular complexity index is 1380. The zero-order chi connectivity index (χ0) is 24.6. The highest BCUT2D eigenvalue weighted by Gasteiger charge is 2.22. The van der Waals surface area contributed by atoms with Gasteiger partial charge < -0.3 is 15.2 Å². The van der Waals surface area contributed by atoms with Crippen LogP contribution in [0.1, 0.15) is 28.5 Å². The van der Waals surface area contributed by atoms with E-state index in [1.54, 1.807) is 25.3 Å². The van der Waals surface area contributed by atoms with E-state index in [1.807, 2.05) is 13.8 Å². The van der Waals surface area contributed by atoms with Crippen LogP contribution in [0.4, 0.5) is 8.78 Å². The second kappa shape index (κ2) is 9.08. The zero-order valence-corrected chi connectivity index (χ0v) is 19.1. The van der Waals surface area contributed by atoms with Crippen molar-refractivity contribution in [2.75, 3.05) is 13.7 Å². The minimum atomic E-state index is -2.54. The number of aryl methyl sites for hydroxylation is 2. The molecule has 0 spiro atoms. The molecule has 4 heterocycles. The number of hydrogen-bond acceptors (Lipinski definition) is 6. The first kappa shape index (κ1) is 23.1. The maximum Gasteiger partial charge on any atom is 0.257 e. The lowest BCUT2D eigenvalue weighted by Gasteiger charge is -2.10. The number of alkyl halides is 2. The van der Waals surface area contributed by atoms with Gasteiger partial charge in [0, 0.05) is 30.2 Å². The van der Waals surface area contributed by atoms with Crippen LogP contribution in [0.2, 0.25) is 0 Å². The molecule has 4 rings (SSSR count). The molecule has 0 bridgehead atoms. The van der Waals surface area contributed by atoms with Gasteiger partial charge in [-0.2, -0.15) is 5.10 Å². The number of nitrogens with one attached hydrogen (secondary N) is 1. The Morgan fingerprint density at radius 2 is 2.03 bits per heavy atom. The van der Waals surface area contributed by atoms with Crippen LogP contribution in [0.5, 0.6) is 11.8 Å². The molecule has 0 fully saturated rings. The normalized spacial score (nSPS) is 11.4. The quantitative estimate of drug-likeness (QED) is 0.427. The van der Waals surface area contributed by atoms with Gasteiger partial charge in [0.05, 0.1) is 35.6 Å². The predicted molar refractivity (Wildman–Crippen MR) is 122 cm³/mol. The summed E-state index contributed by atoms with van der Waals surface area (Å²) in [7, 11) is 1.44. The van der Waals surface area contributed by atoms with Crippen LogP contribution in [0.3, 0.4) is 0 Å². The molecule has 2 N–H and O–H groups in total. The monoisotopic (exact) mass is 470 g/mol. The van der Waals surface area contributed by atoms with Crippen molar-refractivity contribution >= 4 is 16.8 Å². The number of amides is 1. The zero-order valence-electron chi connectivity index (χ0n) is 19.1. The predicted octanol–water partition coefficient (Wildman–Crippen LogP) is 3.63. The number of methoxy groups -OCH3 is 1. The fraction of sp³-hybridized carbons (Fsp3) is 0.304. The molecule has 4 aromatic heterocycles. The van der Waals surface area contributed by atoms with Gasteiger partial charge in [0.1, 0.15) is 12.1 Å². The maximum atomic E-state index is 12.7. The largest absolute Gasteiger partial charge is 0.494 e. The van der Waals surface area contributed by atoms with E-state index in [9.17, 15) is 18.7 Å². The molecular formula is C23H24F2N6O3. The molecule has 0 aliphatic heterocycles. The summed E-state index contributed by atoms with van der Waals surface area (Å²) in [5, 5.41) is 18.2. The average Bonchev–Trinajstić information content (AvgIpc) is 3.34. The van der Waals surface area contributed by atoms with Crippen molar-refractivity contribution in [2.24, 2.45) is 0 Å². The lowest BCUT2D eigenvalue weighted by molar-refractivity contribution is 0.0952. The van der Waals surface area contributed by atoms with E-state index >= 15 is 0 Å². The number of aromatic nitrogens is 5. The summed E-state index contributed by atoms with van der Waals surface area (Å²) < 4.78 is 33.3. The Labute approximate surface area is 194 Å². The minimum Gasteiger partial charge on any atom is -0.494 e. The molecule has 11 heteroatoms. The van der Waals surface area contributed by atoms with E-state index in [2.05, 4.69) is 15.4 Å². The van der Waals surface area contributed by atoms with Gasteiger partial charge in [-0.15, -0.1) is 0 Å². The van der Waals surface area contributed by atoms with E-state index in [1.165, 1.54) is 24.1 Å². The third-order valence-electron chi connectivity index (χ3n) is 5.46. The molecule has 4 aromatic rings. The van der Waals surface area contributed by atoms with Gasteiger partial charge in [0.15, 0.2) is 0 Å². The van der Waals surface area contributed by atoms with E-state index < -0.39 is 13.0 Å². The summed E-state index contributed by atoms with van der Waals surface area (Å²) in [6.07, 6.45) is 1.88. The number of carbonyl (C=O) groups is 1. The van der Waals surface area contributed by atoms with E-state index in [0.717, 1.165) is 10.2 Å². The Morgan fingerprint density at radius 1 is 1.26 bits per heavy atom. The lowest BCUT2D eigenvalue weighted by Crippen LogP contribution is -2.23. The third kappa shape index (κ3) is 4.04. The molecule has 9 nitrogen and oxygen atoms in total. The Morgan fingerprint density at radius 3 is 2.71 bits per heavy atom. The minimum absolute atomic E-state index is 0.0588. The fourth-order valence-electron chi connectivity index (χ4n) is 3.94. The van der Waals surface area contributed by atoms with Crippen LogP contribution in [-0.2, 0) is 6.54 Å². The number of nitrogens with zero attached hydrogens (tertiary/aromatic N) is 5. The Balaban J connectivity index is 1.84. The van der Waals surface area contributed by atoms with E-state index in [4.69, 9.17) is 9.72 Å². The number of carbonyl (C=O) groups excluding carboxylic acids is 1. The summed E-state index contributed by atoms with van der Waals surface area (Å²) in [5.74, 6) is -0.169. The van der Waals surface area contributed by atoms with Gasteiger partial charge in [-0.05, 0) is 38.5 Å². The van der Waals surface area contributed by atoms with Gasteiger partial charge >= 0.3 is 0 Å². The number of rotatable bonds is 7. The Hall–Kier alpha value is -4.02. The second-order valence-electron chi connectivity index (χ2n) is 7.74. The highest BCUT2D eigenvalue weighted by atomic mass is 19.3. The molecule has 0 aliphatic carbocycles. The highest BCUT2D eigenvalue weighted by molar-refractivity contribution is 5.98. The summed E-state index contributed by atoms with van der Waals surface area (Å²) in [6, 6.07) is 3.45.